The number of aromatic nitrogens is 1. The number of rotatable bonds is 9. The van der Waals surface area contributed by atoms with Crippen molar-refractivity contribution in [3.05, 3.63) is 36.0 Å². The molecule has 0 saturated heterocycles. The summed E-state index contributed by atoms with van der Waals surface area (Å²) in [5.41, 5.74) is 0.982. The number of carboxylic acid groups (broad SMARTS) is 1. The van der Waals surface area contributed by atoms with Gasteiger partial charge in [-0.25, -0.2) is 18.2 Å². The lowest BCUT2D eigenvalue weighted by molar-refractivity contribution is -0.133. The Balaban J connectivity index is 1.70. The van der Waals surface area contributed by atoms with E-state index >= 15 is 0 Å². The van der Waals surface area contributed by atoms with Crippen molar-refractivity contribution in [3.8, 4) is 0 Å². The number of nitrogens with one attached hydrogen (secondary N) is 1. The van der Waals surface area contributed by atoms with Gasteiger partial charge in [0.15, 0.2) is 15.0 Å². The molecule has 33 heavy (non-hydrogen) atoms. The molecule has 1 saturated carbocycles. The maximum absolute atomic E-state index is 13.2. The number of aliphatic carboxylic acids is 1. The first-order valence-electron chi connectivity index (χ1n) is 10.8. The van der Waals surface area contributed by atoms with Gasteiger partial charge < -0.3 is 10.0 Å². The topological polar surface area (TPSA) is 117 Å². The first-order valence-corrected chi connectivity index (χ1v) is 14.3. The lowest BCUT2D eigenvalue weighted by atomic mass is 9.86. The highest BCUT2D eigenvalue weighted by atomic mass is 32.2. The van der Waals surface area contributed by atoms with Crippen LogP contribution < -0.4 is 5.32 Å². The first kappa shape index (κ1) is 25.5. The molecule has 8 nitrogen and oxygen atoms in total. The molecule has 1 fully saturated rings. The van der Waals surface area contributed by atoms with E-state index in [0.29, 0.717) is 15.3 Å². The van der Waals surface area contributed by atoms with Crippen LogP contribution in [0.25, 0.3) is 0 Å². The molecule has 11 heteroatoms. The highest BCUT2D eigenvalue weighted by molar-refractivity contribution is 8.01. The van der Waals surface area contributed by atoms with Crippen LogP contribution in [0.5, 0.6) is 0 Å². The van der Waals surface area contributed by atoms with E-state index in [9.17, 15) is 18.0 Å². The molecule has 2 amide bonds. The van der Waals surface area contributed by atoms with Gasteiger partial charge in [-0.3, -0.25) is 10.1 Å². The number of urea groups is 1. The van der Waals surface area contributed by atoms with Gasteiger partial charge in [-0.2, -0.15) is 0 Å². The van der Waals surface area contributed by atoms with Crippen LogP contribution in [0.15, 0.2) is 39.6 Å². The summed E-state index contributed by atoms with van der Waals surface area (Å²) in [4.78, 5) is 30.0. The van der Waals surface area contributed by atoms with Crippen LogP contribution in [0.3, 0.4) is 0 Å². The summed E-state index contributed by atoms with van der Waals surface area (Å²) >= 11 is 2.34. The fourth-order valence-corrected chi connectivity index (χ4v) is 6.57. The van der Waals surface area contributed by atoms with Crippen molar-refractivity contribution >= 4 is 50.1 Å². The van der Waals surface area contributed by atoms with E-state index in [-0.39, 0.29) is 35.0 Å². The van der Waals surface area contributed by atoms with E-state index in [4.69, 9.17) is 5.11 Å². The molecular formula is C22H29N3O5S3. The predicted octanol–water partition coefficient (Wildman–Crippen LogP) is 4.51. The molecule has 0 unspecified atom stereocenters. The minimum Gasteiger partial charge on any atom is -0.481 e. The van der Waals surface area contributed by atoms with Gasteiger partial charge in [0.05, 0.1) is 26.8 Å². The second-order valence-electron chi connectivity index (χ2n) is 8.34. The minimum atomic E-state index is -3.53. The summed E-state index contributed by atoms with van der Waals surface area (Å²) in [6, 6.07) is 6.32. The molecule has 2 aromatic rings. The van der Waals surface area contributed by atoms with Crippen LogP contribution in [0, 0.1) is 12.8 Å². The summed E-state index contributed by atoms with van der Waals surface area (Å²) in [6.07, 6.45) is 5.18. The molecule has 2 N–H and O–H groups in total. The Kier molecular flexibility index (Phi) is 8.77. The fraction of sp³-hybridized carbons (Fsp3) is 0.500. The van der Waals surface area contributed by atoms with Gasteiger partial charge in [0.25, 0.3) is 0 Å². The Labute approximate surface area is 202 Å². The van der Waals surface area contributed by atoms with E-state index in [1.807, 2.05) is 6.92 Å². The number of hydrogen-bond acceptors (Lipinski definition) is 7. The number of hydrogen-bond donors (Lipinski definition) is 2. The zero-order chi connectivity index (χ0) is 24.0. The summed E-state index contributed by atoms with van der Waals surface area (Å²) in [7, 11) is -3.53. The van der Waals surface area contributed by atoms with Crippen molar-refractivity contribution in [1.29, 1.82) is 0 Å². The largest absolute Gasteiger partial charge is 0.481 e. The van der Waals surface area contributed by atoms with Crippen LogP contribution in [-0.2, 0) is 14.6 Å². The summed E-state index contributed by atoms with van der Waals surface area (Å²) in [6.45, 7) is 4.18. The van der Waals surface area contributed by atoms with Crippen molar-refractivity contribution < 1.29 is 23.1 Å². The fourth-order valence-electron chi connectivity index (χ4n) is 3.77. The van der Waals surface area contributed by atoms with Crippen LogP contribution in [-0.4, -0.2) is 59.5 Å². The van der Waals surface area contributed by atoms with Gasteiger partial charge in [0.1, 0.15) is 0 Å². The van der Waals surface area contributed by atoms with E-state index < -0.39 is 15.8 Å². The number of anilines is 1. The normalized spacial score (nSPS) is 18.6. The van der Waals surface area contributed by atoms with Crippen LogP contribution in [0.4, 0.5) is 9.93 Å². The molecule has 1 aromatic carbocycles. The van der Waals surface area contributed by atoms with Crippen molar-refractivity contribution in [3.63, 3.8) is 0 Å². The predicted molar refractivity (Wildman–Crippen MR) is 131 cm³/mol. The van der Waals surface area contributed by atoms with Crippen LogP contribution in [0.2, 0.25) is 0 Å². The number of nitrogens with zero attached hydrogens (tertiary/aromatic N) is 2. The molecule has 0 radical (unpaired) electrons. The molecule has 3 rings (SSSR count). The van der Waals surface area contributed by atoms with Gasteiger partial charge in [0.2, 0.25) is 0 Å². The van der Waals surface area contributed by atoms with Gasteiger partial charge in [0, 0.05) is 12.6 Å². The van der Waals surface area contributed by atoms with Gasteiger partial charge >= 0.3 is 12.0 Å². The molecule has 1 heterocycles. The summed E-state index contributed by atoms with van der Waals surface area (Å²) in [5.74, 6) is -0.576. The third kappa shape index (κ3) is 7.44. The Morgan fingerprint density at radius 3 is 2.52 bits per heavy atom. The van der Waals surface area contributed by atoms with Crippen molar-refractivity contribution in [1.82, 2.24) is 9.88 Å². The second-order valence-corrected chi connectivity index (χ2v) is 12.8. The molecule has 0 bridgehead atoms. The summed E-state index contributed by atoms with van der Waals surface area (Å²) in [5, 5.41) is 12.0. The zero-order valence-corrected chi connectivity index (χ0v) is 21.1. The Morgan fingerprint density at radius 2 is 1.88 bits per heavy atom. The van der Waals surface area contributed by atoms with Gasteiger partial charge in [-0.15, -0.1) is 11.8 Å². The van der Waals surface area contributed by atoms with E-state index in [1.54, 1.807) is 29.2 Å². The van der Waals surface area contributed by atoms with E-state index in [2.05, 4.69) is 17.2 Å². The molecule has 0 atom stereocenters. The summed E-state index contributed by atoms with van der Waals surface area (Å²) < 4.78 is 26.4. The zero-order valence-electron chi connectivity index (χ0n) is 18.7. The van der Waals surface area contributed by atoms with E-state index in [1.165, 1.54) is 17.5 Å². The molecule has 0 aliphatic heterocycles. The molecule has 0 spiro atoms. The Hall–Kier alpha value is -2.11. The number of sulfone groups is 1. The highest BCUT2D eigenvalue weighted by Gasteiger charge is 2.29. The molecule has 1 aliphatic carbocycles. The number of carboxylic acids is 1. The second kappa shape index (κ2) is 11.3. The quantitative estimate of drug-likeness (QED) is 0.476. The third-order valence-corrected chi connectivity index (χ3v) is 9.51. The number of carbonyl (C=O) groups excluding carboxylic acids is 1. The third-order valence-electron chi connectivity index (χ3n) is 5.70. The van der Waals surface area contributed by atoms with Crippen molar-refractivity contribution in [2.45, 2.75) is 54.7 Å². The molecular weight excluding hydrogens is 482 g/mol. The first-order chi connectivity index (χ1) is 15.6. The number of thioether (sulfide) groups is 1. The number of thiazole rings is 1. The standard InChI is InChI=1S/C22H29N3O5S3/c1-15-3-7-17(8-4-15)25(11-12-33(29,30)18-9-5-16(2)6-10-18)22(28)24-21-23-13-20(32-21)31-14-19(26)27/h5-6,9-10,13,15,17H,3-4,7-8,11-12,14H2,1-2H3,(H,26,27)(H,23,24,28). The number of benzene rings is 1. The molecule has 1 aromatic heterocycles. The maximum atomic E-state index is 13.2. The highest BCUT2D eigenvalue weighted by Crippen LogP contribution is 2.30. The van der Waals surface area contributed by atoms with E-state index in [0.717, 1.165) is 43.0 Å². The Bertz CT molecular complexity index is 1060. The number of carbonyl (C=O) groups is 2. The van der Waals surface area contributed by atoms with Crippen molar-refractivity contribution in [2.75, 3.05) is 23.4 Å². The smallest absolute Gasteiger partial charge is 0.323 e. The van der Waals surface area contributed by atoms with Crippen LogP contribution in [0.1, 0.15) is 38.2 Å². The monoisotopic (exact) mass is 511 g/mol. The number of aryl methyl sites for hydroxylation is 1. The van der Waals surface area contributed by atoms with Gasteiger partial charge in [-0.05, 0) is 50.7 Å². The lowest BCUT2D eigenvalue weighted by Crippen LogP contribution is -2.46. The van der Waals surface area contributed by atoms with Crippen LogP contribution >= 0.6 is 23.1 Å². The maximum Gasteiger partial charge on any atom is 0.323 e. The Morgan fingerprint density at radius 1 is 1.21 bits per heavy atom. The average molecular weight is 512 g/mol. The van der Waals surface area contributed by atoms with Gasteiger partial charge in [-0.1, -0.05) is 36.0 Å². The molecule has 1 aliphatic rings. The minimum absolute atomic E-state index is 0.0322. The number of amides is 2. The SMILES string of the molecule is Cc1ccc(S(=O)(=O)CCN(C(=O)Nc2ncc(SCC(=O)O)s2)C2CCC(C)CC2)cc1. The molecule has 180 valence electrons. The lowest BCUT2D eigenvalue weighted by Gasteiger charge is -2.36. The van der Waals surface area contributed by atoms with Crippen molar-refractivity contribution in [2.24, 2.45) is 5.92 Å². The average Bonchev–Trinajstić information content (AvgIpc) is 3.21.